The molecule has 0 spiro atoms. The van der Waals surface area contributed by atoms with Crippen molar-refractivity contribution in [3.63, 3.8) is 0 Å². The lowest BCUT2D eigenvalue weighted by atomic mass is 9.81. The Morgan fingerprint density at radius 2 is 1.04 bits per heavy atom. The second-order valence-corrected chi connectivity index (χ2v) is 5.52. The third-order valence-corrected chi connectivity index (χ3v) is 3.57. The van der Waals surface area contributed by atoms with Crippen LogP contribution in [0.25, 0.3) is 0 Å². The zero-order chi connectivity index (χ0) is 20.5. The van der Waals surface area contributed by atoms with Crippen molar-refractivity contribution in [2.24, 2.45) is 5.92 Å². The Kier molecular flexibility index (Phi) is 7.11. The van der Waals surface area contributed by atoms with Crippen LogP contribution in [0.3, 0.4) is 0 Å². The Labute approximate surface area is 133 Å². The van der Waals surface area contributed by atoms with E-state index >= 15 is 0 Å². The van der Waals surface area contributed by atoms with Crippen LogP contribution in [0, 0.1) is 5.92 Å². The van der Waals surface area contributed by atoms with Gasteiger partial charge in [-0.1, -0.05) is 19.8 Å². The molecular formula is C12H13F13. The fraction of sp³-hybridized carbons (Fsp3) is 1.00. The number of hydrogen-bond donors (Lipinski definition) is 0. The van der Waals surface area contributed by atoms with Gasteiger partial charge in [-0.25, -0.2) is 17.6 Å². The summed E-state index contributed by atoms with van der Waals surface area (Å²) in [5.41, 5.74) is -11.3. The van der Waals surface area contributed by atoms with Crippen LogP contribution in [0.15, 0.2) is 0 Å². The molecule has 0 aromatic heterocycles. The number of rotatable bonds is 7. The normalized spacial score (nSPS) is 18.4. The maximum atomic E-state index is 13.6. The van der Waals surface area contributed by atoms with Gasteiger partial charge in [0.2, 0.25) is 0 Å². The van der Waals surface area contributed by atoms with Crippen molar-refractivity contribution in [2.75, 3.05) is 0 Å². The molecule has 0 heterocycles. The summed E-state index contributed by atoms with van der Waals surface area (Å²) in [5, 5.41) is 0. The average molecular weight is 404 g/mol. The maximum Gasteiger partial charge on any atom is 0.431 e. The summed E-state index contributed by atoms with van der Waals surface area (Å²) in [6.45, 7) is 1.09. The molecule has 0 aliphatic carbocycles. The molecule has 0 aromatic carbocycles. The van der Waals surface area contributed by atoms with Crippen molar-refractivity contribution in [1.29, 1.82) is 0 Å². The first kappa shape index (κ1) is 24.1. The molecule has 0 saturated carbocycles. The predicted molar refractivity (Wildman–Crippen MR) is 59.5 cm³/mol. The molecule has 0 aliphatic heterocycles. The van der Waals surface area contributed by atoms with Crippen molar-refractivity contribution >= 4 is 0 Å². The first-order chi connectivity index (χ1) is 10.8. The first-order valence-corrected chi connectivity index (χ1v) is 6.69. The third-order valence-electron chi connectivity index (χ3n) is 3.57. The van der Waals surface area contributed by atoms with Crippen molar-refractivity contribution in [2.45, 2.75) is 68.9 Å². The third kappa shape index (κ3) is 5.05. The number of alkyl halides is 13. The highest BCUT2D eigenvalue weighted by atomic mass is 19.4. The van der Waals surface area contributed by atoms with E-state index in [9.17, 15) is 57.1 Å². The molecule has 2 atom stereocenters. The lowest BCUT2D eigenvalue weighted by Crippen LogP contribution is -2.55. The van der Waals surface area contributed by atoms with Crippen molar-refractivity contribution < 1.29 is 57.1 Å². The standard InChI is InChI=1S/C12H13F13/c1-2-3-6(4-8(15,7(13)14)10(17,18)19)5-9(16,11(20,21)22)12(23,24)25/h6-7H,2-5H2,1H3. The van der Waals surface area contributed by atoms with E-state index in [0.717, 1.165) is 6.92 Å². The molecule has 0 fully saturated rings. The average Bonchev–Trinajstić information content (AvgIpc) is 2.34. The van der Waals surface area contributed by atoms with Crippen LogP contribution in [0.1, 0.15) is 32.6 Å². The SMILES string of the molecule is CCCC(CC(F)(C(F)F)C(F)(F)F)CC(F)(C(F)(F)F)C(F)(F)F. The summed E-state index contributed by atoms with van der Waals surface area (Å²) >= 11 is 0. The summed E-state index contributed by atoms with van der Waals surface area (Å²) in [6.07, 6.45) is -30.6. The van der Waals surface area contributed by atoms with Gasteiger partial charge < -0.3 is 0 Å². The molecule has 0 bridgehead atoms. The quantitative estimate of drug-likeness (QED) is 0.422. The second-order valence-electron chi connectivity index (χ2n) is 5.52. The Bertz CT molecular complexity index is 404. The number of halogens is 13. The fourth-order valence-corrected chi connectivity index (χ4v) is 2.22. The lowest BCUT2D eigenvalue weighted by molar-refractivity contribution is -0.347. The second kappa shape index (κ2) is 7.37. The van der Waals surface area contributed by atoms with Crippen LogP contribution >= 0.6 is 0 Å². The minimum atomic E-state index is -6.57. The van der Waals surface area contributed by atoms with Crippen molar-refractivity contribution in [3.05, 3.63) is 0 Å². The van der Waals surface area contributed by atoms with Crippen LogP contribution < -0.4 is 0 Å². The molecule has 0 aliphatic rings. The molecule has 0 radical (unpaired) electrons. The zero-order valence-corrected chi connectivity index (χ0v) is 12.4. The lowest BCUT2D eigenvalue weighted by Gasteiger charge is -2.36. The van der Waals surface area contributed by atoms with Gasteiger partial charge in [-0.3, -0.25) is 0 Å². The van der Waals surface area contributed by atoms with Crippen LogP contribution in [0.4, 0.5) is 57.1 Å². The van der Waals surface area contributed by atoms with E-state index in [2.05, 4.69) is 0 Å². The fourth-order valence-electron chi connectivity index (χ4n) is 2.22. The van der Waals surface area contributed by atoms with Crippen LogP contribution in [0.5, 0.6) is 0 Å². The molecule has 25 heavy (non-hydrogen) atoms. The van der Waals surface area contributed by atoms with Gasteiger partial charge in [-0.05, 0) is 12.3 Å². The molecule has 0 amide bonds. The highest BCUT2D eigenvalue weighted by molar-refractivity contribution is 4.99. The smallest absolute Gasteiger partial charge is 0.227 e. The van der Waals surface area contributed by atoms with Gasteiger partial charge in [-0.15, -0.1) is 0 Å². The monoisotopic (exact) mass is 404 g/mol. The molecule has 0 N–H and O–H groups in total. The van der Waals surface area contributed by atoms with Crippen LogP contribution in [-0.2, 0) is 0 Å². The Hall–Kier alpha value is -0.910. The topological polar surface area (TPSA) is 0 Å². The van der Waals surface area contributed by atoms with Gasteiger partial charge in [0.15, 0.2) is 0 Å². The van der Waals surface area contributed by atoms with E-state index < -0.39 is 61.5 Å². The molecule has 13 heteroatoms. The molecule has 152 valence electrons. The van der Waals surface area contributed by atoms with E-state index in [1.54, 1.807) is 0 Å². The van der Waals surface area contributed by atoms with E-state index in [4.69, 9.17) is 0 Å². The summed E-state index contributed by atoms with van der Waals surface area (Å²) in [5.74, 6) is -2.58. The Morgan fingerprint density at radius 3 is 1.28 bits per heavy atom. The van der Waals surface area contributed by atoms with Gasteiger partial charge in [0.25, 0.3) is 17.8 Å². The van der Waals surface area contributed by atoms with Crippen molar-refractivity contribution in [3.8, 4) is 0 Å². The van der Waals surface area contributed by atoms with Gasteiger partial charge in [0.1, 0.15) is 0 Å². The molecule has 0 rings (SSSR count). The summed E-state index contributed by atoms with van der Waals surface area (Å²) in [6, 6.07) is 0. The highest BCUT2D eigenvalue weighted by Gasteiger charge is 2.73. The van der Waals surface area contributed by atoms with Gasteiger partial charge in [-0.2, -0.15) is 39.5 Å². The summed E-state index contributed by atoms with van der Waals surface area (Å²) in [7, 11) is 0. The predicted octanol–water partition coefficient (Wildman–Crippen LogP) is 6.55. The van der Waals surface area contributed by atoms with Gasteiger partial charge in [0.05, 0.1) is 0 Å². The van der Waals surface area contributed by atoms with E-state index in [1.165, 1.54) is 0 Å². The Morgan fingerprint density at radius 1 is 0.640 bits per heavy atom. The Balaban J connectivity index is 5.84. The van der Waals surface area contributed by atoms with Crippen LogP contribution in [-0.4, -0.2) is 36.3 Å². The van der Waals surface area contributed by atoms with Gasteiger partial charge >= 0.3 is 18.5 Å². The van der Waals surface area contributed by atoms with E-state index in [0.29, 0.717) is 0 Å². The summed E-state index contributed by atoms with van der Waals surface area (Å²) < 4.78 is 164. The van der Waals surface area contributed by atoms with Crippen LogP contribution in [0.2, 0.25) is 0 Å². The largest absolute Gasteiger partial charge is 0.431 e. The number of hydrogen-bond acceptors (Lipinski definition) is 0. The minimum Gasteiger partial charge on any atom is -0.227 e. The molecule has 0 saturated heterocycles. The zero-order valence-electron chi connectivity index (χ0n) is 12.4. The molecule has 0 aromatic rings. The first-order valence-electron chi connectivity index (χ1n) is 6.69. The van der Waals surface area contributed by atoms with E-state index in [-0.39, 0.29) is 6.42 Å². The van der Waals surface area contributed by atoms with Gasteiger partial charge in [0, 0.05) is 6.42 Å². The van der Waals surface area contributed by atoms with Crippen molar-refractivity contribution in [1.82, 2.24) is 0 Å². The molecule has 2 unspecified atom stereocenters. The van der Waals surface area contributed by atoms with E-state index in [1.807, 2.05) is 0 Å². The summed E-state index contributed by atoms with van der Waals surface area (Å²) in [4.78, 5) is 0. The minimum absolute atomic E-state index is 0.381. The molecular weight excluding hydrogens is 391 g/mol. The molecule has 0 nitrogen and oxygen atoms in total. The highest BCUT2D eigenvalue weighted by Crippen LogP contribution is 2.52. The maximum absolute atomic E-state index is 13.6.